The highest BCUT2D eigenvalue weighted by Crippen LogP contribution is 2.12. The van der Waals surface area contributed by atoms with Crippen molar-refractivity contribution in [3.63, 3.8) is 0 Å². The standard InChI is InChI=1S/C13H26N4/c1-6-8-17-9-7-14-13(17)15-12(11(2)3)10-16(4)5/h7,9,11-12H,6,8,10H2,1-5H3,(H,14,15). The van der Waals surface area contributed by atoms with E-state index in [1.54, 1.807) is 0 Å². The van der Waals surface area contributed by atoms with Gasteiger partial charge >= 0.3 is 0 Å². The third kappa shape index (κ3) is 4.38. The lowest BCUT2D eigenvalue weighted by molar-refractivity contribution is 0.343. The first-order chi connectivity index (χ1) is 8.04. The van der Waals surface area contributed by atoms with E-state index in [1.165, 1.54) is 0 Å². The molecule has 1 heterocycles. The molecule has 0 saturated carbocycles. The SMILES string of the molecule is CCCn1ccnc1NC(CN(C)C)C(C)C. The van der Waals surface area contributed by atoms with E-state index in [0.29, 0.717) is 12.0 Å². The average Bonchev–Trinajstić information content (AvgIpc) is 2.64. The number of rotatable bonds is 7. The Labute approximate surface area is 105 Å². The van der Waals surface area contributed by atoms with Gasteiger partial charge in [-0.25, -0.2) is 4.98 Å². The van der Waals surface area contributed by atoms with Gasteiger partial charge in [-0.2, -0.15) is 0 Å². The van der Waals surface area contributed by atoms with Gasteiger partial charge in [-0.15, -0.1) is 0 Å². The van der Waals surface area contributed by atoms with E-state index < -0.39 is 0 Å². The Morgan fingerprint density at radius 3 is 2.65 bits per heavy atom. The number of anilines is 1. The van der Waals surface area contributed by atoms with Crippen LogP contribution in [0, 0.1) is 5.92 Å². The fourth-order valence-corrected chi connectivity index (χ4v) is 1.85. The van der Waals surface area contributed by atoms with Gasteiger partial charge in [0.15, 0.2) is 0 Å². The highest BCUT2D eigenvalue weighted by molar-refractivity contribution is 5.28. The van der Waals surface area contributed by atoms with Crippen LogP contribution in [0.3, 0.4) is 0 Å². The van der Waals surface area contributed by atoms with Gasteiger partial charge in [-0.05, 0) is 26.4 Å². The highest BCUT2D eigenvalue weighted by atomic mass is 15.2. The lowest BCUT2D eigenvalue weighted by Gasteiger charge is -2.26. The molecule has 4 heteroatoms. The van der Waals surface area contributed by atoms with E-state index in [1.807, 2.05) is 12.4 Å². The number of imidazole rings is 1. The molecular weight excluding hydrogens is 212 g/mol. The Bertz CT molecular complexity index is 317. The minimum absolute atomic E-state index is 0.433. The number of nitrogens with one attached hydrogen (secondary N) is 1. The molecular formula is C13H26N4. The van der Waals surface area contributed by atoms with Crippen molar-refractivity contribution in [1.82, 2.24) is 14.5 Å². The predicted molar refractivity (Wildman–Crippen MR) is 73.3 cm³/mol. The van der Waals surface area contributed by atoms with Crippen LogP contribution in [0.1, 0.15) is 27.2 Å². The minimum atomic E-state index is 0.433. The summed E-state index contributed by atoms with van der Waals surface area (Å²) in [6, 6.07) is 0.433. The van der Waals surface area contributed by atoms with Crippen LogP contribution >= 0.6 is 0 Å². The van der Waals surface area contributed by atoms with Gasteiger partial charge in [0.05, 0.1) is 0 Å². The van der Waals surface area contributed by atoms with E-state index in [4.69, 9.17) is 0 Å². The molecule has 0 amide bonds. The molecule has 0 aliphatic heterocycles. The van der Waals surface area contributed by atoms with Crippen molar-refractivity contribution in [2.24, 2.45) is 5.92 Å². The first-order valence-corrected chi connectivity index (χ1v) is 6.47. The molecule has 1 unspecified atom stereocenters. The third-order valence-corrected chi connectivity index (χ3v) is 2.86. The second kappa shape index (κ2) is 6.64. The van der Waals surface area contributed by atoms with Gasteiger partial charge in [0, 0.05) is 31.5 Å². The number of likely N-dealkylation sites (N-methyl/N-ethyl adjacent to an activating group) is 1. The Kier molecular flexibility index (Phi) is 5.48. The molecule has 0 aliphatic rings. The van der Waals surface area contributed by atoms with E-state index in [9.17, 15) is 0 Å². The zero-order valence-electron chi connectivity index (χ0n) is 11.8. The normalized spacial score (nSPS) is 13.4. The average molecular weight is 238 g/mol. The van der Waals surface area contributed by atoms with Crippen LogP contribution in [0.5, 0.6) is 0 Å². The van der Waals surface area contributed by atoms with Crippen molar-refractivity contribution in [3.05, 3.63) is 12.4 Å². The zero-order chi connectivity index (χ0) is 12.8. The Balaban J connectivity index is 2.68. The summed E-state index contributed by atoms with van der Waals surface area (Å²) in [5, 5.41) is 3.55. The van der Waals surface area contributed by atoms with Gasteiger partial charge in [0.25, 0.3) is 0 Å². The summed E-state index contributed by atoms with van der Waals surface area (Å²) in [4.78, 5) is 6.61. The lowest BCUT2D eigenvalue weighted by atomic mass is 10.0. The van der Waals surface area contributed by atoms with Crippen molar-refractivity contribution in [2.75, 3.05) is 26.0 Å². The summed E-state index contributed by atoms with van der Waals surface area (Å²) >= 11 is 0. The van der Waals surface area contributed by atoms with Crippen LogP contribution in [0.15, 0.2) is 12.4 Å². The maximum Gasteiger partial charge on any atom is 0.203 e. The van der Waals surface area contributed by atoms with Gasteiger partial charge in [0.1, 0.15) is 0 Å². The molecule has 1 N–H and O–H groups in total. The molecule has 1 aromatic rings. The summed E-state index contributed by atoms with van der Waals surface area (Å²) in [6.07, 6.45) is 5.04. The Morgan fingerprint density at radius 2 is 2.12 bits per heavy atom. The number of hydrogen-bond acceptors (Lipinski definition) is 3. The molecule has 0 radical (unpaired) electrons. The first-order valence-electron chi connectivity index (χ1n) is 6.47. The molecule has 1 atom stereocenters. The summed E-state index contributed by atoms with van der Waals surface area (Å²) < 4.78 is 2.19. The fraction of sp³-hybridized carbons (Fsp3) is 0.769. The Morgan fingerprint density at radius 1 is 1.41 bits per heavy atom. The van der Waals surface area contributed by atoms with Crippen LogP contribution in [0.2, 0.25) is 0 Å². The topological polar surface area (TPSA) is 33.1 Å². The first kappa shape index (κ1) is 14.0. The molecule has 0 spiro atoms. The number of aromatic nitrogens is 2. The molecule has 0 fully saturated rings. The fourth-order valence-electron chi connectivity index (χ4n) is 1.85. The van der Waals surface area contributed by atoms with Crippen molar-refractivity contribution >= 4 is 5.95 Å². The Hall–Kier alpha value is -1.03. The predicted octanol–water partition coefficient (Wildman–Crippen LogP) is 2.29. The summed E-state index contributed by atoms with van der Waals surface area (Å²) in [7, 11) is 4.21. The number of hydrogen-bond donors (Lipinski definition) is 1. The molecule has 17 heavy (non-hydrogen) atoms. The second-order valence-corrected chi connectivity index (χ2v) is 5.20. The molecule has 0 aliphatic carbocycles. The van der Waals surface area contributed by atoms with Gasteiger partial charge in [-0.3, -0.25) is 0 Å². The van der Waals surface area contributed by atoms with E-state index in [2.05, 4.69) is 54.6 Å². The molecule has 0 saturated heterocycles. The lowest BCUT2D eigenvalue weighted by Crippen LogP contribution is -2.37. The minimum Gasteiger partial charge on any atom is -0.351 e. The van der Waals surface area contributed by atoms with Gasteiger partial charge < -0.3 is 14.8 Å². The van der Waals surface area contributed by atoms with Crippen LogP contribution in [-0.2, 0) is 6.54 Å². The number of nitrogens with zero attached hydrogens (tertiary/aromatic N) is 3. The van der Waals surface area contributed by atoms with E-state index in [-0.39, 0.29) is 0 Å². The molecule has 4 nitrogen and oxygen atoms in total. The maximum atomic E-state index is 4.40. The van der Waals surface area contributed by atoms with Gasteiger partial charge in [-0.1, -0.05) is 20.8 Å². The van der Waals surface area contributed by atoms with Crippen LogP contribution < -0.4 is 5.32 Å². The van der Waals surface area contributed by atoms with Crippen LogP contribution in [0.4, 0.5) is 5.95 Å². The van der Waals surface area contributed by atoms with Crippen molar-refractivity contribution in [3.8, 4) is 0 Å². The van der Waals surface area contributed by atoms with E-state index >= 15 is 0 Å². The van der Waals surface area contributed by atoms with Crippen LogP contribution in [0.25, 0.3) is 0 Å². The van der Waals surface area contributed by atoms with Crippen LogP contribution in [-0.4, -0.2) is 41.1 Å². The van der Waals surface area contributed by atoms with Gasteiger partial charge in [0.2, 0.25) is 5.95 Å². The summed E-state index contributed by atoms with van der Waals surface area (Å²) in [5.74, 6) is 1.58. The molecule has 0 aromatic carbocycles. The third-order valence-electron chi connectivity index (χ3n) is 2.86. The summed E-state index contributed by atoms with van der Waals surface area (Å²) in [6.45, 7) is 8.72. The maximum absolute atomic E-state index is 4.40. The van der Waals surface area contributed by atoms with Crippen molar-refractivity contribution in [2.45, 2.75) is 39.8 Å². The molecule has 98 valence electrons. The largest absolute Gasteiger partial charge is 0.351 e. The smallest absolute Gasteiger partial charge is 0.203 e. The second-order valence-electron chi connectivity index (χ2n) is 5.20. The quantitative estimate of drug-likeness (QED) is 0.791. The molecule has 1 rings (SSSR count). The molecule has 1 aromatic heterocycles. The monoisotopic (exact) mass is 238 g/mol. The zero-order valence-corrected chi connectivity index (χ0v) is 11.8. The van der Waals surface area contributed by atoms with E-state index in [0.717, 1.165) is 25.5 Å². The molecule has 0 bridgehead atoms. The van der Waals surface area contributed by atoms with Crippen molar-refractivity contribution < 1.29 is 0 Å². The highest BCUT2D eigenvalue weighted by Gasteiger charge is 2.16. The summed E-state index contributed by atoms with van der Waals surface area (Å²) in [5.41, 5.74) is 0. The number of aryl methyl sites for hydroxylation is 1. The van der Waals surface area contributed by atoms with Crippen molar-refractivity contribution in [1.29, 1.82) is 0 Å².